The molecule has 0 atom stereocenters. The van der Waals surface area contributed by atoms with Crippen LogP contribution in [0.2, 0.25) is 0 Å². The molecule has 1 aromatic heterocycles. The van der Waals surface area contributed by atoms with Gasteiger partial charge in [0, 0.05) is 24.6 Å². The Balaban J connectivity index is 1.59. The molecule has 3 rings (SSSR count). The molecule has 27 heavy (non-hydrogen) atoms. The van der Waals surface area contributed by atoms with Crippen molar-refractivity contribution in [2.75, 3.05) is 5.32 Å². The van der Waals surface area contributed by atoms with E-state index in [0.717, 1.165) is 23.2 Å². The number of carbonyl (C=O) groups is 1. The molecule has 138 valence electrons. The van der Waals surface area contributed by atoms with Gasteiger partial charge in [0.2, 0.25) is 0 Å². The first-order valence-electron chi connectivity index (χ1n) is 8.98. The van der Waals surface area contributed by atoms with Gasteiger partial charge in [-0.2, -0.15) is 0 Å². The van der Waals surface area contributed by atoms with E-state index in [1.165, 1.54) is 5.56 Å². The molecule has 0 unspecified atom stereocenters. The minimum atomic E-state index is -0.276. The van der Waals surface area contributed by atoms with Crippen molar-refractivity contribution in [1.29, 1.82) is 0 Å². The van der Waals surface area contributed by atoms with Crippen LogP contribution in [-0.2, 0) is 24.4 Å². The van der Waals surface area contributed by atoms with Crippen LogP contribution in [0.4, 0.5) is 5.69 Å². The Bertz CT molecular complexity index is 881. The van der Waals surface area contributed by atoms with Crippen molar-refractivity contribution >= 4 is 11.6 Å². The van der Waals surface area contributed by atoms with Crippen molar-refractivity contribution in [2.45, 2.75) is 26.5 Å². The molecule has 0 spiro atoms. The molecule has 1 amide bonds. The second kappa shape index (κ2) is 9.50. The molecule has 0 saturated carbocycles. The molecule has 0 radical (unpaired) electrons. The smallest absolute Gasteiger partial charge is 0.276 e. The van der Waals surface area contributed by atoms with Gasteiger partial charge in [0.05, 0.1) is 5.56 Å². The topological polar surface area (TPSA) is 63.2 Å². The van der Waals surface area contributed by atoms with E-state index in [9.17, 15) is 4.79 Å². The van der Waals surface area contributed by atoms with Gasteiger partial charge in [-0.1, -0.05) is 43.3 Å². The average Bonchev–Trinajstić information content (AvgIpc) is 2.73. The third-order valence-corrected chi connectivity index (χ3v) is 4.30. The maximum Gasteiger partial charge on any atom is 0.276 e. The molecule has 5 heteroatoms. The van der Waals surface area contributed by atoms with E-state index in [1.54, 1.807) is 18.5 Å². The molecule has 0 aliphatic carbocycles. The van der Waals surface area contributed by atoms with E-state index < -0.39 is 0 Å². The first-order valence-corrected chi connectivity index (χ1v) is 8.98. The van der Waals surface area contributed by atoms with E-state index in [2.05, 4.69) is 28.8 Å². The van der Waals surface area contributed by atoms with E-state index >= 15 is 0 Å². The van der Waals surface area contributed by atoms with E-state index in [-0.39, 0.29) is 5.91 Å². The molecule has 0 bridgehead atoms. The Morgan fingerprint density at radius 1 is 0.963 bits per heavy atom. The summed E-state index contributed by atoms with van der Waals surface area (Å²) >= 11 is 0. The fourth-order valence-corrected chi connectivity index (χ4v) is 2.81. The number of anilines is 1. The number of aryl methyl sites for hydroxylation is 1. The molecule has 0 fully saturated rings. The van der Waals surface area contributed by atoms with Crippen molar-refractivity contribution in [3.63, 3.8) is 0 Å². The van der Waals surface area contributed by atoms with Crippen molar-refractivity contribution < 1.29 is 9.63 Å². The minimum absolute atomic E-state index is 0.276. The van der Waals surface area contributed by atoms with Gasteiger partial charge >= 0.3 is 0 Å². The van der Waals surface area contributed by atoms with E-state index in [4.69, 9.17) is 4.84 Å². The molecule has 0 aliphatic rings. The summed E-state index contributed by atoms with van der Waals surface area (Å²) in [5.41, 5.74) is 7.22. The summed E-state index contributed by atoms with van der Waals surface area (Å²) in [5, 5.41) is 3.29. The zero-order valence-electron chi connectivity index (χ0n) is 15.3. The molecule has 0 aliphatic heterocycles. The predicted molar refractivity (Wildman–Crippen MR) is 106 cm³/mol. The first-order chi connectivity index (χ1) is 13.3. The van der Waals surface area contributed by atoms with Gasteiger partial charge in [-0.25, -0.2) is 5.48 Å². The number of rotatable bonds is 8. The largest absolute Gasteiger partial charge is 0.380 e. The van der Waals surface area contributed by atoms with E-state index in [1.807, 2.05) is 48.5 Å². The number of hydrogen-bond donors (Lipinski definition) is 2. The Hall–Kier alpha value is -3.18. The average molecular weight is 361 g/mol. The molecule has 3 aromatic rings. The van der Waals surface area contributed by atoms with Crippen molar-refractivity contribution in [1.82, 2.24) is 10.5 Å². The zero-order chi connectivity index (χ0) is 18.9. The number of para-hydroxylation sites is 1. The Morgan fingerprint density at radius 3 is 2.44 bits per heavy atom. The number of nitrogens with one attached hydrogen (secondary N) is 2. The van der Waals surface area contributed by atoms with Crippen LogP contribution in [0.3, 0.4) is 0 Å². The Kier molecular flexibility index (Phi) is 6.55. The lowest BCUT2D eigenvalue weighted by atomic mass is 10.1. The molecule has 5 nitrogen and oxygen atoms in total. The van der Waals surface area contributed by atoms with Crippen molar-refractivity contribution in [3.05, 3.63) is 95.3 Å². The molecule has 1 heterocycles. The number of nitrogens with zero attached hydrogens (tertiary/aromatic N) is 1. The fourth-order valence-electron chi connectivity index (χ4n) is 2.81. The molecular weight excluding hydrogens is 338 g/mol. The highest BCUT2D eigenvalue weighted by Crippen LogP contribution is 2.16. The van der Waals surface area contributed by atoms with Gasteiger partial charge in [0.15, 0.2) is 0 Å². The summed E-state index contributed by atoms with van der Waals surface area (Å²) in [6, 6.07) is 19.3. The molecule has 0 saturated heterocycles. The van der Waals surface area contributed by atoms with Gasteiger partial charge in [-0.3, -0.25) is 14.6 Å². The van der Waals surface area contributed by atoms with Crippen molar-refractivity contribution in [2.24, 2.45) is 0 Å². The van der Waals surface area contributed by atoms with Gasteiger partial charge in [-0.05, 0) is 47.4 Å². The summed E-state index contributed by atoms with van der Waals surface area (Å²) < 4.78 is 0. The fraction of sp³-hybridized carbons (Fsp3) is 0.182. The lowest BCUT2D eigenvalue weighted by Gasteiger charge is -2.13. The highest BCUT2D eigenvalue weighted by Gasteiger charge is 2.11. The van der Waals surface area contributed by atoms with E-state index in [0.29, 0.717) is 18.7 Å². The van der Waals surface area contributed by atoms with Crippen LogP contribution < -0.4 is 10.8 Å². The van der Waals surface area contributed by atoms with Gasteiger partial charge < -0.3 is 5.32 Å². The maximum absolute atomic E-state index is 12.5. The monoisotopic (exact) mass is 361 g/mol. The first kappa shape index (κ1) is 18.6. The van der Waals surface area contributed by atoms with Crippen LogP contribution in [0, 0.1) is 0 Å². The van der Waals surface area contributed by atoms with Crippen LogP contribution in [0.25, 0.3) is 0 Å². The zero-order valence-corrected chi connectivity index (χ0v) is 15.3. The number of amides is 1. The molecule has 2 N–H and O–H groups in total. The Morgan fingerprint density at radius 2 is 1.67 bits per heavy atom. The normalized spacial score (nSPS) is 10.4. The SMILES string of the molecule is CCc1ccccc1CONC(=O)c1ccccc1NCc1ccncc1. The van der Waals surface area contributed by atoms with Gasteiger partial charge in [0.1, 0.15) is 6.61 Å². The number of hydrogen-bond acceptors (Lipinski definition) is 4. The number of aromatic nitrogens is 1. The quantitative estimate of drug-likeness (QED) is 0.593. The highest BCUT2D eigenvalue weighted by atomic mass is 16.6. The van der Waals surface area contributed by atoms with Crippen LogP contribution in [-0.4, -0.2) is 10.9 Å². The number of carbonyl (C=O) groups excluding carboxylic acids is 1. The third-order valence-electron chi connectivity index (χ3n) is 4.30. The summed E-state index contributed by atoms with van der Waals surface area (Å²) in [6.07, 6.45) is 4.42. The van der Waals surface area contributed by atoms with Crippen molar-refractivity contribution in [3.8, 4) is 0 Å². The van der Waals surface area contributed by atoms with Gasteiger partial charge in [0.25, 0.3) is 5.91 Å². The number of benzene rings is 2. The van der Waals surface area contributed by atoms with Crippen LogP contribution in [0.5, 0.6) is 0 Å². The standard InChI is InChI=1S/C22H23N3O2/c1-2-18-7-3-4-8-19(18)16-27-25-22(26)20-9-5-6-10-21(20)24-15-17-11-13-23-14-12-17/h3-14,24H,2,15-16H2,1H3,(H,25,26). The Labute approximate surface area is 159 Å². The summed E-state index contributed by atoms with van der Waals surface area (Å²) in [5.74, 6) is -0.276. The lowest BCUT2D eigenvalue weighted by Crippen LogP contribution is -2.24. The number of hydroxylamine groups is 1. The molecular formula is C22H23N3O2. The predicted octanol–water partition coefficient (Wildman–Crippen LogP) is 4.12. The molecule has 2 aromatic carbocycles. The third kappa shape index (κ3) is 5.15. The second-order valence-corrected chi connectivity index (χ2v) is 6.10. The van der Waals surface area contributed by atoms with Crippen LogP contribution in [0.1, 0.15) is 34.0 Å². The highest BCUT2D eigenvalue weighted by molar-refractivity contribution is 5.98. The summed E-state index contributed by atoms with van der Waals surface area (Å²) in [4.78, 5) is 22.0. The number of pyridine rings is 1. The summed E-state index contributed by atoms with van der Waals surface area (Å²) in [7, 11) is 0. The lowest BCUT2D eigenvalue weighted by molar-refractivity contribution is 0.0232. The van der Waals surface area contributed by atoms with Gasteiger partial charge in [-0.15, -0.1) is 0 Å². The summed E-state index contributed by atoms with van der Waals surface area (Å²) in [6.45, 7) is 3.04. The van der Waals surface area contributed by atoms with Crippen LogP contribution in [0.15, 0.2) is 73.1 Å². The minimum Gasteiger partial charge on any atom is -0.380 e. The van der Waals surface area contributed by atoms with Crippen LogP contribution >= 0.6 is 0 Å². The second-order valence-electron chi connectivity index (χ2n) is 6.10. The maximum atomic E-state index is 12.5.